The molecule has 13 heavy (non-hydrogen) atoms. The summed E-state index contributed by atoms with van der Waals surface area (Å²) in [6.45, 7) is 14.8. The largest absolute Gasteiger partial charge is 0.303 e. The van der Waals surface area contributed by atoms with Crippen LogP contribution in [0.3, 0.4) is 0 Å². The third-order valence-corrected chi connectivity index (χ3v) is 1.62. The fourth-order valence-electron chi connectivity index (χ4n) is 1.28. The van der Waals surface area contributed by atoms with Gasteiger partial charge in [0.15, 0.2) is 0 Å². The Bertz CT molecular complexity index is 57.3. The van der Waals surface area contributed by atoms with Crippen LogP contribution in [0.5, 0.6) is 0 Å². The second kappa shape index (κ2) is 14.5. The van der Waals surface area contributed by atoms with Gasteiger partial charge in [-0.15, -0.1) is 0 Å². The topological polar surface area (TPSA) is 3.24 Å². The quantitative estimate of drug-likeness (QED) is 0.609. The van der Waals surface area contributed by atoms with Crippen LogP contribution in [0.4, 0.5) is 0 Å². The van der Waals surface area contributed by atoms with Gasteiger partial charge < -0.3 is 4.90 Å². The molecule has 0 saturated heterocycles. The van der Waals surface area contributed by atoms with Gasteiger partial charge >= 0.3 is 0 Å². The van der Waals surface area contributed by atoms with E-state index in [2.05, 4.69) is 39.5 Å². The fraction of sp³-hybridized carbons (Fsp3) is 1.00. The second-order valence-electron chi connectivity index (χ2n) is 3.55. The average Bonchev–Trinajstić information content (AvgIpc) is 2.07. The molecule has 0 aromatic rings. The zero-order valence-electron chi connectivity index (χ0n) is 10.4. The summed E-state index contributed by atoms with van der Waals surface area (Å²) in [5.74, 6) is 0. The number of rotatable bonds is 6. The normalized spacial score (nSPS) is 9.69. The summed E-state index contributed by atoms with van der Waals surface area (Å²) in [6, 6.07) is 0. The molecule has 0 spiro atoms. The highest BCUT2D eigenvalue weighted by Gasteiger charge is 1.98. The van der Waals surface area contributed by atoms with Crippen molar-refractivity contribution in [2.24, 2.45) is 0 Å². The minimum atomic E-state index is 1.25. The summed E-state index contributed by atoms with van der Waals surface area (Å²) in [4.78, 5) is 2.54. The van der Waals surface area contributed by atoms with Gasteiger partial charge in [-0.05, 0) is 38.9 Å². The molecule has 0 unspecified atom stereocenters. The van der Waals surface area contributed by atoms with E-state index in [1.165, 1.54) is 45.3 Å². The monoisotopic (exact) mass is 187 g/mol. The predicted molar refractivity (Wildman–Crippen MR) is 63.3 cm³/mol. The first-order chi connectivity index (χ1) is 6.26. The molecule has 0 fully saturated rings. The third-order valence-electron chi connectivity index (χ3n) is 1.62. The second-order valence-corrected chi connectivity index (χ2v) is 3.55. The molecule has 0 rings (SSSR count). The van der Waals surface area contributed by atoms with Crippen molar-refractivity contribution < 1.29 is 0 Å². The molecule has 0 amide bonds. The van der Waals surface area contributed by atoms with Gasteiger partial charge in [0.05, 0.1) is 0 Å². The van der Waals surface area contributed by atoms with E-state index in [4.69, 9.17) is 0 Å². The first-order valence-electron chi connectivity index (χ1n) is 5.98. The highest BCUT2D eigenvalue weighted by atomic mass is 15.1. The van der Waals surface area contributed by atoms with Crippen LogP contribution >= 0.6 is 0 Å². The summed E-state index contributed by atoms with van der Waals surface area (Å²) in [7, 11) is 0. The summed E-state index contributed by atoms with van der Waals surface area (Å²) >= 11 is 0. The summed E-state index contributed by atoms with van der Waals surface area (Å²) < 4.78 is 0. The van der Waals surface area contributed by atoms with Crippen LogP contribution in [0.2, 0.25) is 0 Å². The lowest BCUT2D eigenvalue weighted by atomic mass is 10.3. The Labute approximate surface area is 85.5 Å². The number of hydrogen-bond donors (Lipinski definition) is 0. The Morgan fingerprint density at radius 3 is 1.00 bits per heavy atom. The minimum absolute atomic E-state index is 1.25. The third kappa shape index (κ3) is 14.8. The van der Waals surface area contributed by atoms with Crippen molar-refractivity contribution in [3.63, 3.8) is 0 Å². The Morgan fingerprint density at radius 2 is 0.846 bits per heavy atom. The van der Waals surface area contributed by atoms with Crippen molar-refractivity contribution in [1.29, 1.82) is 0 Å². The van der Waals surface area contributed by atoms with Crippen LogP contribution < -0.4 is 0 Å². The van der Waals surface area contributed by atoms with E-state index in [9.17, 15) is 0 Å². The highest BCUT2D eigenvalue weighted by Crippen LogP contribution is 1.94. The lowest BCUT2D eigenvalue weighted by molar-refractivity contribution is 0.275. The summed E-state index contributed by atoms with van der Waals surface area (Å²) in [5.41, 5.74) is 0. The maximum atomic E-state index is 2.54. The Hall–Kier alpha value is -0.0400. The number of hydrogen-bond acceptors (Lipinski definition) is 1. The lowest BCUT2D eigenvalue weighted by Gasteiger charge is -2.19. The van der Waals surface area contributed by atoms with Gasteiger partial charge in [0.1, 0.15) is 0 Å². The Kier molecular flexibility index (Phi) is 17.2. The molecule has 1 heteroatoms. The molecule has 0 aromatic carbocycles. The zero-order chi connectivity index (χ0) is 10.5. The van der Waals surface area contributed by atoms with E-state index in [1.54, 1.807) is 0 Å². The molecule has 0 radical (unpaired) electrons. The lowest BCUT2D eigenvalue weighted by Crippen LogP contribution is -2.25. The zero-order valence-corrected chi connectivity index (χ0v) is 10.4. The molecule has 0 bridgehead atoms. The first-order valence-corrected chi connectivity index (χ1v) is 5.98. The number of nitrogens with zero attached hydrogens (tertiary/aromatic N) is 1. The van der Waals surface area contributed by atoms with Crippen molar-refractivity contribution >= 4 is 0 Å². The van der Waals surface area contributed by atoms with E-state index in [0.717, 1.165) is 0 Å². The maximum absolute atomic E-state index is 2.54. The van der Waals surface area contributed by atoms with Gasteiger partial charge in [-0.1, -0.05) is 41.0 Å². The predicted octanol–water partition coefficient (Wildman–Crippen LogP) is 3.93. The average molecular weight is 187 g/mol. The van der Waals surface area contributed by atoms with Crippen LogP contribution in [0.1, 0.15) is 60.3 Å². The Balaban J connectivity index is 0. The van der Waals surface area contributed by atoms with Gasteiger partial charge in [0.2, 0.25) is 0 Å². The molecule has 0 N–H and O–H groups in total. The van der Waals surface area contributed by atoms with Crippen LogP contribution in [-0.4, -0.2) is 24.5 Å². The van der Waals surface area contributed by atoms with E-state index in [-0.39, 0.29) is 0 Å². The van der Waals surface area contributed by atoms with Crippen molar-refractivity contribution in [2.75, 3.05) is 19.6 Å². The molecule has 0 aromatic heterocycles. The maximum Gasteiger partial charge on any atom is -0.00214 e. The van der Waals surface area contributed by atoms with E-state index < -0.39 is 0 Å². The van der Waals surface area contributed by atoms with Gasteiger partial charge in [-0.25, -0.2) is 0 Å². The molecule has 82 valence electrons. The van der Waals surface area contributed by atoms with Gasteiger partial charge in [-0.2, -0.15) is 0 Å². The van der Waals surface area contributed by atoms with Crippen molar-refractivity contribution in [1.82, 2.24) is 4.90 Å². The van der Waals surface area contributed by atoms with Crippen LogP contribution in [0.15, 0.2) is 0 Å². The molecule has 0 aliphatic rings. The molecular weight excluding hydrogens is 158 g/mol. The SMILES string of the molecule is CCC.CCCN(CCC)CCC. The van der Waals surface area contributed by atoms with Gasteiger partial charge in [-0.3, -0.25) is 0 Å². The van der Waals surface area contributed by atoms with Crippen LogP contribution in [-0.2, 0) is 0 Å². The summed E-state index contributed by atoms with van der Waals surface area (Å²) in [6.07, 6.45) is 5.13. The van der Waals surface area contributed by atoms with Gasteiger partial charge in [0.25, 0.3) is 0 Å². The van der Waals surface area contributed by atoms with E-state index >= 15 is 0 Å². The molecule has 0 aliphatic carbocycles. The van der Waals surface area contributed by atoms with Gasteiger partial charge in [0, 0.05) is 0 Å². The van der Waals surface area contributed by atoms with Crippen LogP contribution in [0, 0.1) is 0 Å². The minimum Gasteiger partial charge on any atom is -0.303 e. The molecule has 1 nitrogen and oxygen atoms in total. The molecule has 0 saturated carbocycles. The summed E-state index contributed by atoms with van der Waals surface area (Å²) in [5, 5.41) is 0. The van der Waals surface area contributed by atoms with Crippen LogP contribution in [0.25, 0.3) is 0 Å². The molecule has 0 heterocycles. The first kappa shape index (κ1) is 15.4. The molecule has 0 atom stereocenters. The van der Waals surface area contributed by atoms with Crippen molar-refractivity contribution in [3.05, 3.63) is 0 Å². The molecular formula is C12H29N. The molecule has 0 aliphatic heterocycles. The van der Waals surface area contributed by atoms with Crippen molar-refractivity contribution in [2.45, 2.75) is 60.3 Å². The Morgan fingerprint density at radius 1 is 0.615 bits per heavy atom. The fourth-order valence-corrected chi connectivity index (χ4v) is 1.28. The van der Waals surface area contributed by atoms with E-state index in [1.807, 2.05) is 0 Å². The van der Waals surface area contributed by atoms with E-state index in [0.29, 0.717) is 0 Å². The highest BCUT2D eigenvalue weighted by molar-refractivity contribution is 4.53. The smallest absolute Gasteiger partial charge is 0.00214 e. The van der Waals surface area contributed by atoms with Crippen molar-refractivity contribution in [3.8, 4) is 0 Å². The standard InChI is InChI=1S/C9H21N.C3H8/c1-4-7-10(8-5-2)9-6-3;1-3-2/h4-9H2,1-3H3;3H2,1-2H3.